The molecule has 1 atom stereocenters. The number of carbonyl (C=O) groups excluding carboxylic acids is 2. The first kappa shape index (κ1) is 35.3. The third-order valence-electron chi connectivity index (χ3n) is 7.32. The van der Waals surface area contributed by atoms with Crippen LogP contribution in [0.5, 0.6) is 0 Å². The van der Waals surface area contributed by atoms with Crippen LogP contribution >= 0.6 is 34.8 Å². The Bertz CT molecular complexity index is 1750. The van der Waals surface area contributed by atoms with Crippen LogP contribution < -0.4 is 9.62 Å². The van der Waals surface area contributed by atoms with Crippen LogP contribution in [0.4, 0.5) is 5.69 Å². The van der Waals surface area contributed by atoms with E-state index in [1.165, 1.54) is 29.2 Å². The number of aryl methyl sites for hydroxylation is 1. The summed E-state index contributed by atoms with van der Waals surface area (Å²) in [5.41, 5.74) is 2.36. The van der Waals surface area contributed by atoms with Crippen LogP contribution in [-0.4, -0.2) is 44.3 Å². The van der Waals surface area contributed by atoms with Crippen molar-refractivity contribution in [1.82, 2.24) is 10.2 Å². The summed E-state index contributed by atoms with van der Waals surface area (Å²) in [6.07, 6.45) is 0.174. The van der Waals surface area contributed by atoms with Gasteiger partial charge in [0.25, 0.3) is 10.0 Å². The van der Waals surface area contributed by atoms with Gasteiger partial charge in [-0.05, 0) is 72.5 Å². The Morgan fingerprint density at radius 3 is 2.07 bits per heavy atom. The molecule has 2 amide bonds. The van der Waals surface area contributed by atoms with E-state index in [1.54, 1.807) is 36.4 Å². The number of halogens is 3. The van der Waals surface area contributed by atoms with Crippen molar-refractivity contribution < 1.29 is 18.0 Å². The molecule has 4 aromatic rings. The van der Waals surface area contributed by atoms with E-state index in [9.17, 15) is 18.0 Å². The van der Waals surface area contributed by atoms with Crippen LogP contribution in [-0.2, 0) is 32.6 Å². The minimum Gasteiger partial charge on any atom is -0.354 e. The van der Waals surface area contributed by atoms with Gasteiger partial charge in [-0.25, -0.2) is 8.42 Å². The lowest BCUT2D eigenvalue weighted by Crippen LogP contribution is -2.53. The summed E-state index contributed by atoms with van der Waals surface area (Å²) in [6.45, 7) is 5.44. The first-order valence-corrected chi connectivity index (χ1v) is 17.3. The number of hydrogen-bond acceptors (Lipinski definition) is 4. The van der Waals surface area contributed by atoms with E-state index < -0.39 is 28.5 Å². The minimum atomic E-state index is -4.26. The highest BCUT2D eigenvalue weighted by molar-refractivity contribution is 7.92. The first-order valence-electron chi connectivity index (χ1n) is 14.8. The lowest BCUT2D eigenvalue weighted by atomic mass is 10.0. The van der Waals surface area contributed by atoms with Gasteiger partial charge in [0.05, 0.1) is 10.6 Å². The third-order valence-corrected chi connectivity index (χ3v) is 10.1. The molecule has 0 aliphatic heterocycles. The summed E-state index contributed by atoms with van der Waals surface area (Å²) in [5, 5.41) is 3.97. The van der Waals surface area contributed by atoms with E-state index >= 15 is 0 Å². The molecule has 11 heteroatoms. The monoisotopic (exact) mass is 699 g/mol. The van der Waals surface area contributed by atoms with E-state index in [0.717, 1.165) is 15.4 Å². The Labute approximate surface area is 286 Å². The first-order chi connectivity index (χ1) is 21.9. The van der Waals surface area contributed by atoms with Crippen molar-refractivity contribution in [2.75, 3.05) is 17.4 Å². The van der Waals surface area contributed by atoms with Gasteiger partial charge >= 0.3 is 0 Å². The van der Waals surface area contributed by atoms with Crippen molar-refractivity contribution in [2.45, 2.75) is 44.7 Å². The minimum absolute atomic E-state index is 0.0394. The second kappa shape index (κ2) is 15.8. The highest BCUT2D eigenvalue weighted by atomic mass is 35.5. The molecule has 0 heterocycles. The van der Waals surface area contributed by atoms with Crippen molar-refractivity contribution in [2.24, 2.45) is 5.92 Å². The summed E-state index contributed by atoms with van der Waals surface area (Å²) < 4.78 is 29.3. The highest BCUT2D eigenvalue weighted by Gasteiger charge is 2.35. The van der Waals surface area contributed by atoms with Gasteiger partial charge in [0.15, 0.2) is 0 Å². The molecular formula is C35H36Cl3N3O4S. The number of amides is 2. The van der Waals surface area contributed by atoms with Crippen molar-refractivity contribution in [3.05, 3.63) is 129 Å². The van der Waals surface area contributed by atoms with Gasteiger partial charge in [0, 0.05) is 40.1 Å². The van der Waals surface area contributed by atoms with E-state index in [4.69, 9.17) is 34.8 Å². The molecular weight excluding hydrogens is 665 g/mol. The normalized spacial score (nSPS) is 12.1. The molecule has 0 fully saturated rings. The topological polar surface area (TPSA) is 86.8 Å². The van der Waals surface area contributed by atoms with Gasteiger partial charge in [-0.2, -0.15) is 0 Å². The van der Waals surface area contributed by atoms with Crippen LogP contribution in [0.15, 0.2) is 102 Å². The predicted molar refractivity (Wildman–Crippen MR) is 186 cm³/mol. The van der Waals surface area contributed by atoms with Crippen LogP contribution in [0.3, 0.4) is 0 Å². The fraction of sp³-hybridized carbons (Fsp3) is 0.257. The Balaban J connectivity index is 1.83. The average Bonchev–Trinajstić information content (AvgIpc) is 3.02. The molecule has 4 rings (SSSR count). The standard InChI is InChI=1S/C35H36Cl3N3O4S/c1-24(2)21-39-35(43)33(20-26-10-5-4-6-11-26)40(22-30-31(37)13-8-14-32(30)38)34(42)23-41(28-12-7-9-25(3)19-28)46(44,45)29-17-15-27(36)16-18-29/h4-19,24,33H,20-23H2,1-3H3,(H,39,43)/t33-/m1/s1. The predicted octanol–water partition coefficient (Wildman–Crippen LogP) is 7.56. The second-order valence-corrected chi connectivity index (χ2v) is 14.5. The van der Waals surface area contributed by atoms with Gasteiger partial charge in [-0.3, -0.25) is 13.9 Å². The second-order valence-electron chi connectivity index (χ2n) is 11.4. The molecule has 0 spiro atoms. The number of nitrogens with zero attached hydrogens (tertiary/aromatic N) is 2. The molecule has 0 saturated carbocycles. The molecule has 0 radical (unpaired) electrons. The Morgan fingerprint density at radius 1 is 0.826 bits per heavy atom. The zero-order valence-corrected chi connectivity index (χ0v) is 28.9. The maximum Gasteiger partial charge on any atom is 0.264 e. The summed E-state index contributed by atoms with van der Waals surface area (Å²) in [6, 6.07) is 25.9. The molecule has 0 saturated heterocycles. The van der Waals surface area contributed by atoms with Gasteiger partial charge in [0.1, 0.15) is 12.6 Å². The molecule has 4 aromatic carbocycles. The number of nitrogens with one attached hydrogen (secondary N) is 1. The Morgan fingerprint density at radius 2 is 1.46 bits per heavy atom. The average molecular weight is 701 g/mol. The van der Waals surface area contributed by atoms with E-state index in [2.05, 4.69) is 5.32 Å². The quantitative estimate of drug-likeness (QED) is 0.156. The number of anilines is 1. The zero-order valence-electron chi connectivity index (χ0n) is 25.8. The SMILES string of the molecule is Cc1cccc(N(CC(=O)N(Cc2c(Cl)cccc2Cl)[C@H](Cc2ccccc2)C(=O)NCC(C)C)S(=O)(=O)c2ccc(Cl)cc2)c1. The van der Waals surface area contributed by atoms with Gasteiger partial charge < -0.3 is 10.2 Å². The largest absolute Gasteiger partial charge is 0.354 e. The number of hydrogen-bond donors (Lipinski definition) is 1. The van der Waals surface area contributed by atoms with E-state index in [0.29, 0.717) is 32.9 Å². The van der Waals surface area contributed by atoms with Crippen LogP contribution in [0.25, 0.3) is 0 Å². The van der Waals surface area contributed by atoms with Gasteiger partial charge in [-0.1, -0.05) is 97.2 Å². The maximum absolute atomic E-state index is 14.6. The molecule has 0 aromatic heterocycles. The molecule has 242 valence electrons. The third kappa shape index (κ3) is 9.04. The lowest BCUT2D eigenvalue weighted by molar-refractivity contribution is -0.140. The number of benzene rings is 4. The van der Waals surface area contributed by atoms with Crippen LogP contribution in [0.2, 0.25) is 15.1 Å². The van der Waals surface area contributed by atoms with Crippen molar-refractivity contribution >= 4 is 62.3 Å². The molecule has 0 bridgehead atoms. The Hall–Kier alpha value is -3.56. The molecule has 7 nitrogen and oxygen atoms in total. The molecule has 1 N–H and O–H groups in total. The Kier molecular flexibility index (Phi) is 12.1. The smallest absolute Gasteiger partial charge is 0.264 e. The highest BCUT2D eigenvalue weighted by Crippen LogP contribution is 2.29. The van der Waals surface area contributed by atoms with Crippen LogP contribution in [0, 0.1) is 12.8 Å². The number of rotatable bonds is 13. The molecule has 0 aliphatic rings. The van der Waals surface area contributed by atoms with Crippen molar-refractivity contribution in [1.29, 1.82) is 0 Å². The summed E-state index contributed by atoms with van der Waals surface area (Å²) in [7, 11) is -4.26. The summed E-state index contributed by atoms with van der Waals surface area (Å²) in [5.74, 6) is -0.836. The maximum atomic E-state index is 14.6. The van der Waals surface area contributed by atoms with Crippen LogP contribution in [0.1, 0.15) is 30.5 Å². The number of sulfonamides is 1. The van der Waals surface area contributed by atoms with E-state index in [1.807, 2.05) is 57.2 Å². The molecule has 0 unspecified atom stereocenters. The fourth-order valence-corrected chi connectivity index (χ4v) is 6.92. The lowest BCUT2D eigenvalue weighted by Gasteiger charge is -2.34. The summed E-state index contributed by atoms with van der Waals surface area (Å²) in [4.78, 5) is 29.8. The zero-order chi connectivity index (χ0) is 33.4. The molecule has 46 heavy (non-hydrogen) atoms. The van der Waals surface area contributed by atoms with E-state index in [-0.39, 0.29) is 29.7 Å². The number of carbonyl (C=O) groups is 2. The van der Waals surface area contributed by atoms with Crippen molar-refractivity contribution in [3.8, 4) is 0 Å². The van der Waals surface area contributed by atoms with Gasteiger partial charge in [0.2, 0.25) is 11.8 Å². The van der Waals surface area contributed by atoms with Crippen molar-refractivity contribution in [3.63, 3.8) is 0 Å². The summed E-state index contributed by atoms with van der Waals surface area (Å²) >= 11 is 19.2. The molecule has 0 aliphatic carbocycles. The fourth-order valence-electron chi connectivity index (χ4n) is 4.88. The van der Waals surface area contributed by atoms with Gasteiger partial charge in [-0.15, -0.1) is 0 Å².